The molecule has 1 saturated heterocycles. The maximum atomic E-state index is 14.3. The first kappa shape index (κ1) is 19.2. The van der Waals surface area contributed by atoms with E-state index >= 15 is 0 Å². The Bertz CT molecular complexity index is 1320. The highest BCUT2D eigenvalue weighted by Gasteiger charge is 2.32. The fourth-order valence-electron chi connectivity index (χ4n) is 4.05. The lowest BCUT2D eigenvalue weighted by atomic mass is 10.00. The zero-order valence-electron chi connectivity index (χ0n) is 16.5. The standard InChI is InChI=1S/C23H19FN6O/c24-17-5-2-6-19-21(17)29-23(28-19)16-10-27-9-15(14-4-1-3-13(7-14)8-25)22(16)30-11-18(26)20(31)12-30/h1-7,9-10,18,20,31H,11-12,26H2,(H,28,29)/t18-,20-/m1/s1. The second kappa shape index (κ2) is 7.47. The van der Waals surface area contributed by atoms with Crippen LogP contribution in [0.3, 0.4) is 0 Å². The molecule has 1 aliphatic rings. The van der Waals surface area contributed by atoms with Crippen LogP contribution in [0.2, 0.25) is 0 Å². The van der Waals surface area contributed by atoms with Crippen LogP contribution in [0.4, 0.5) is 10.1 Å². The van der Waals surface area contributed by atoms with Crippen molar-refractivity contribution in [2.24, 2.45) is 5.73 Å². The molecule has 7 nitrogen and oxygen atoms in total. The summed E-state index contributed by atoms with van der Waals surface area (Å²) in [4.78, 5) is 14.0. The van der Waals surface area contributed by atoms with E-state index in [1.807, 2.05) is 17.0 Å². The number of benzene rings is 2. The number of nitrogens with two attached hydrogens (primary N) is 1. The van der Waals surface area contributed by atoms with Crippen molar-refractivity contribution in [3.8, 4) is 28.6 Å². The van der Waals surface area contributed by atoms with Gasteiger partial charge in [0.25, 0.3) is 0 Å². The van der Waals surface area contributed by atoms with Gasteiger partial charge in [0, 0.05) is 37.1 Å². The number of imidazole rings is 1. The normalized spacial score (nSPS) is 18.5. The van der Waals surface area contributed by atoms with E-state index in [0.29, 0.717) is 35.6 Å². The minimum absolute atomic E-state index is 0.249. The highest BCUT2D eigenvalue weighted by molar-refractivity contribution is 5.91. The van der Waals surface area contributed by atoms with Crippen LogP contribution in [0.1, 0.15) is 5.56 Å². The zero-order chi connectivity index (χ0) is 21.5. The molecule has 1 aliphatic heterocycles. The zero-order valence-corrected chi connectivity index (χ0v) is 16.5. The van der Waals surface area contributed by atoms with Crippen LogP contribution >= 0.6 is 0 Å². The summed E-state index contributed by atoms with van der Waals surface area (Å²) in [5.74, 6) is 0.0573. The lowest BCUT2D eigenvalue weighted by Crippen LogP contribution is -2.32. The Morgan fingerprint density at radius 1 is 1.16 bits per heavy atom. The van der Waals surface area contributed by atoms with Gasteiger partial charge in [-0.25, -0.2) is 9.37 Å². The molecule has 154 valence electrons. The number of hydrogen-bond donors (Lipinski definition) is 3. The highest BCUT2D eigenvalue weighted by atomic mass is 19.1. The Labute approximate surface area is 177 Å². The van der Waals surface area contributed by atoms with Crippen molar-refractivity contribution in [2.75, 3.05) is 18.0 Å². The molecule has 5 rings (SSSR count). The van der Waals surface area contributed by atoms with E-state index < -0.39 is 18.0 Å². The second-order valence-corrected chi connectivity index (χ2v) is 7.63. The van der Waals surface area contributed by atoms with Crippen molar-refractivity contribution in [1.29, 1.82) is 5.26 Å². The van der Waals surface area contributed by atoms with Gasteiger partial charge in [-0.3, -0.25) is 4.98 Å². The molecular formula is C23H19FN6O. The van der Waals surface area contributed by atoms with Crippen molar-refractivity contribution in [2.45, 2.75) is 12.1 Å². The third kappa shape index (κ3) is 3.30. The number of pyridine rings is 1. The second-order valence-electron chi connectivity index (χ2n) is 7.63. The monoisotopic (exact) mass is 414 g/mol. The van der Waals surface area contributed by atoms with Crippen molar-refractivity contribution < 1.29 is 9.50 Å². The van der Waals surface area contributed by atoms with Gasteiger partial charge in [-0.1, -0.05) is 18.2 Å². The molecule has 2 aromatic carbocycles. The number of aliphatic hydroxyl groups excluding tert-OH is 1. The molecule has 3 heterocycles. The van der Waals surface area contributed by atoms with E-state index in [1.54, 1.807) is 36.7 Å². The van der Waals surface area contributed by atoms with Crippen molar-refractivity contribution in [3.05, 3.63) is 66.2 Å². The summed E-state index contributed by atoms with van der Waals surface area (Å²) < 4.78 is 14.3. The van der Waals surface area contributed by atoms with Crippen LogP contribution < -0.4 is 10.6 Å². The van der Waals surface area contributed by atoms with Crippen molar-refractivity contribution in [1.82, 2.24) is 15.0 Å². The Morgan fingerprint density at radius 3 is 2.71 bits per heavy atom. The number of rotatable bonds is 3. The molecule has 0 aliphatic carbocycles. The number of aromatic nitrogens is 3. The maximum absolute atomic E-state index is 14.3. The van der Waals surface area contributed by atoms with E-state index in [2.05, 4.69) is 21.0 Å². The summed E-state index contributed by atoms with van der Waals surface area (Å²) in [6.45, 7) is 0.787. The van der Waals surface area contributed by atoms with Crippen LogP contribution in [-0.2, 0) is 0 Å². The molecule has 4 N–H and O–H groups in total. The molecule has 0 radical (unpaired) electrons. The van der Waals surface area contributed by atoms with Crippen molar-refractivity contribution in [3.63, 3.8) is 0 Å². The minimum atomic E-state index is -0.674. The minimum Gasteiger partial charge on any atom is -0.390 e. The molecule has 0 amide bonds. The molecule has 0 unspecified atom stereocenters. The Morgan fingerprint density at radius 2 is 1.97 bits per heavy atom. The average Bonchev–Trinajstić information content (AvgIpc) is 3.37. The molecule has 2 aromatic heterocycles. The van der Waals surface area contributed by atoms with Gasteiger partial charge in [0.1, 0.15) is 11.3 Å². The highest BCUT2D eigenvalue weighted by Crippen LogP contribution is 2.40. The molecule has 0 saturated carbocycles. The van der Waals surface area contributed by atoms with E-state index in [9.17, 15) is 14.8 Å². The predicted octanol–water partition coefficient (Wildman–Crippen LogP) is 2.81. The third-order valence-corrected chi connectivity index (χ3v) is 5.59. The number of para-hydroxylation sites is 1. The van der Waals surface area contributed by atoms with Gasteiger partial charge in [0.2, 0.25) is 0 Å². The number of H-pyrrole nitrogens is 1. The van der Waals surface area contributed by atoms with Gasteiger partial charge in [-0.05, 0) is 29.8 Å². The number of aliphatic hydroxyl groups is 1. The number of nitrogens with one attached hydrogen (secondary N) is 1. The number of halogens is 1. The Balaban J connectivity index is 1.74. The molecule has 8 heteroatoms. The first-order chi connectivity index (χ1) is 15.0. The number of aromatic amines is 1. The number of nitrogens with zero attached hydrogens (tertiary/aromatic N) is 4. The molecule has 31 heavy (non-hydrogen) atoms. The molecule has 4 aromatic rings. The van der Waals surface area contributed by atoms with Crippen LogP contribution in [0.15, 0.2) is 54.9 Å². The summed E-state index contributed by atoms with van der Waals surface area (Å²) >= 11 is 0. The fraction of sp³-hybridized carbons (Fsp3) is 0.174. The van der Waals surface area contributed by atoms with E-state index in [-0.39, 0.29) is 5.52 Å². The molecule has 1 fully saturated rings. The summed E-state index contributed by atoms with van der Waals surface area (Å²) in [7, 11) is 0. The summed E-state index contributed by atoms with van der Waals surface area (Å²) in [5.41, 5.74) is 10.5. The lowest BCUT2D eigenvalue weighted by Gasteiger charge is -2.24. The van der Waals surface area contributed by atoms with Crippen molar-refractivity contribution >= 4 is 16.7 Å². The number of β-amino-alcohol motifs (C(OH)–C–C–N with tert-alkyl or cyclic N) is 1. The summed E-state index contributed by atoms with van der Waals surface area (Å²) in [5, 5.41) is 19.6. The number of hydrogen-bond acceptors (Lipinski definition) is 6. The van der Waals surface area contributed by atoms with E-state index in [4.69, 9.17) is 5.73 Å². The quantitative estimate of drug-likeness (QED) is 0.475. The molecular weight excluding hydrogens is 395 g/mol. The van der Waals surface area contributed by atoms with Gasteiger partial charge >= 0.3 is 0 Å². The number of nitriles is 1. The van der Waals surface area contributed by atoms with Crippen LogP contribution in [-0.4, -0.2) is 45.3 Å². The number of fused-ring (bicyclic) bond motifs is 1. The summed E-state index contributed by atoms with van der Waals surface area (Å²) in [6.07, 6.45) is 2.71. The topological polar surface area (TPSA) is 115 Å². The predicted molar refractivity (Wildman–Crippen MR) is 116 cm³/mol. The first-order valence-corrected chi connectivity index (χ1v) is 9.87. The van der Waals surface area contributed by atoms with Gasteiger partial charge in [0.05, 0.1) is 34.5 Å². The summed E-state index contributed by atoms with van der Waals surface area (Å²) in [6, 6.07) is 13.7. The largest absolute Gasteiger partial charge is 0.390 e. The lowest BCUT2D eigenvalue weighted by molar-refractivity contribution is 0.180. The van der Waals surface area contributed by atoms with Crippen LogP contribution in [0.25, 0.3) is 33.5 Å². The van der Waals surface area contributed by atoms with Gasteiger partial charge in [-0.15, -0.1) is 0 Å². The van der Waals surface area contributed by atoms with Gasteiger partial charge in [-0.2, -0.15) is 5.26 Å². The molecule has 0 bridgehead atoms. The SMILES string of the molecule is N#Cc1cccc(-c2cncc(-c3nc4c(F)cccc4[nH]3)c2N2C[C@@H](N)[C@H](O)C2)c1. The number of anilines is 1. The first-order valence-electron chi connectivity index (χ1n) is 9.87. The van der Waals surface area contributed by atoms with E-state index in [0.717, 1.165) is 16.8 Å². The molecule has 2 atom stereocenters. The Hall–Kier alpha value is -3.80. The smallest absolute Gasteiger partial charge is 0.151 e. The van der Waals surface area contributed by atoms with Gasteiger partial charge in [0.15, 0.2) is 5.82 Å². The van der Waals surface area contributed by atoms with Crippen LogP contribution in [0, 0.1) is 17.1 Å². The fourth-order valence-corrected chi connectivity index (χ4v) is 4.05. The third-order valence-electron chi connectivity index (χ3n) is 5.59. The molecule has 0 spiro atoms. The Kier molecular flexibility index (Phi) is 4.62. The van der Waals surface area contributed by atoms with E-state index in [1.165, 1.54) is 6.07 Å². The van der Waals surface area contributed by atoms with Crippen LogP contribution in [0.5, 0.6) is 0 Å². The maximum Gasteiger partial charge on any atom is 0.151 e. The average molecular weight is 414 g/mol. The van der Waals surface area contributed by atoms with Gasteiger partial charge < -0.3 is 20.7 Å².